The van der Waals surface area contributed by atoms with Crippen LogP contribution >= 0.6 is 0 Å². The average Bonchev–Trinajstić information content (AvgIpc) is 3.23. The molecule has 24 heavy (non-hydrogen) atoms. The van der Waals surface area contributed by atoms with Gasteiger partial charge in [0, 0.05) is 52.3 Å². The van der Waals surface area contributed by atoms with Crippen molar-refractivity contribution in [1.82, 2.24) is 20.0 Å². The number of guanidine groups is 1. The van der Waals surface area contributed by atoms with Crippen LogP contribution in [0.25, 0.3) is 0 Å². The molecule has 1 aromatic rings. The molecular weight excluding hydrogens is 306 g/mol. The van der Waals surface area contributed by atoms with E-state index in [0.717, 1.165) is 51.3 Å². The minimum atomic E-state index is -0.128. The molecule has 1 atom stereocenters. The molecule has 1 aliphatic heterocycles. The summed E-state index contributed by atoms with van der Waals surface area (Å²) in [5.74, 6) is 1.36. The van der Waals surface area contributed by atoms with Crippen LogP contribution in [-0.4, -0.2) is 60.4 Å². The Hall–Kier alpha value is -2.05. The number of aliphatic imine (C=N–C) groups is 1. The van der Waals surface area contributed by atoms with E-state index in [0.29, 0.717) is 12.3 Å². The molecule has 1 saturated heterocycles. The van der Waals surface area contributed by atoms with Crippen LogP contribution in [0.2, 0.25) is 0 Å². The Bertz CT molecular complexity index is 555. The number of likely N-dealkylation sites (tertiary alicyclic amines) is 1. The number of hydrogen-bond donors (Lipinski definition) is 1. The summed E-state index contributed by atoms with van der Waals surface area (Å²) in [5.41, 5.74) is 1.30. The number of rotatable bonds is 7. The van der Waals surface area contributed by atoms with Crippen molar-refractivity contribution in [1.29, 1.82) is 0 Å². The second-order valence-electron chi connectivity index (χ2n) is 6.24. The molecule has 7 nitrogen and oxygen atoms in total. The summed E-state index contributed by atoms with van der Waals surface area (Å²) in [4.78, 5) is 17.8. The van der Waals surface area contributed by atoms with Gasteiger partial charge in [0.25, 0.3) is 0 Å². The zero-order valence-electron chi connectivity index (χ0n) is 15.0. The highest BCUT2D eigenvalue weighted by molar-refractivity contribution is 5.80. The molecule has 1 fully saturated rings. The van der Waals surface area contributed by atoms with Crippen molar-refractivity contribution in [3.05, 3.63) is 18.0 Å². The van der Waals surface area contributed by atoms with Crippen LogP contribution in [0.1, 0.15) is 43.6 Å². The minimum Gasteiger partial charge on any atom is -0.469 e. The lowest BCUT2D eigenvalue weighted by Gasteiger charge is -2.21. The molecule has 0 spiro atoms. The molecule has 0 aromatic carbocycles. The molecule has 1 N–H and O–H groups in total. The number of hydrogen-bond acceptors (Lipinski definition) is 4. The fourth-order valence-corrected chi connectivity index (χ4v) is 3.08. The third kappa shape index (κ3) is 5.25. The van der Waals surface area contributed by atoms with Gasteiger partial charge in [-0.2, -0.15) is 5.10 Å². The molecule has 2 heterocycles. The SMILES string of the molecule is CN=C(NCCCCCC(=O)OC)N1CCC(c2cnn(C)c2)C1. The molecule has 0 amide bonds. The minimum absolute atomic E-state index is 0.128. The number of esters is 1. The summed E-state index contributed by atoms with van der Waals surface area (Å²) >= 11 is 0. The van der Waals surface area contributed by atoms with E-state index in [1.807, 2.05) is 25.0 Å². The second-order valence-corrected chi connectivity index (χ2v) is 6.24. The van der Waals surface area contributed by atoms with E-state index in [-0.39, 0.29) is 5.97 Å². The van der Waals surface area contributed by atoms with Gasteiger partial charge in [0.1, 0.15) is 0 Å². The molecule has 2 rings (SSSR count). The average molecular weight is 335 g/mol. The van der Waals surface area contributed by atoms with Gasteiger partial charge < -0.3 is 15.0 Å². The Morgan fingerprint density at radius 3 is 2.96 bits per heavy atom. The number of carbonyl (C=O) groups is 1. The number of aryl methyl sites for hydroxylation is 1. The summed E-state index contributed by atoms with van der Waals surface area (Å²) in [5, 5.41) is 7.70. The largest absolute Gasteiger partial charge is 0.469 e. The lowest BCUT2D eigenvalue weighted by atomic mass is 10.0. The lowest BCUT2D eigenvalue weighted by molar-refractivity contribution is -0.140. The van der Waals surface area contributed by atoms with Gasteiger partial charge in [-0.1, -0.05) is 6.42 Å². The molecule has 0 radical (unpaired) electrons. The topological polar surface area (TPSA) is 71.8 Å². The fraction of sp³-hybridized carbons (Fsp3) is 0.706. The monoisotopic (exact) mass is 335 g/mol. The summed E-state index contributed by atoms with van der Waals surface area (Å²) in [6, 6.07) is 0. The lowest BCUT2D eigenvalue weighted by Crippen LogP contribution is -2.40. The highest BCUT2D eigenvalue weighted by Gasteiger charge is 2.26. The van der Waals surface area contributed by atoms with Crippen LogP contribution in [0, 0.1) is 0 Å². The zero-order chi connectivity index (χ0) is 17.4. The van der Waals surface area contributed by atoms with Crippen LogP contribution in [0.15, 0.2) is 17.4 Å². The Morgan fingerprint density at radius 1 is 1.46 bits per heavy atom. The molecule has 0 aliphatic carbocycles. The van der Waals surface area contributed by atoms with Gasteiger partial charge in [-0.25, -0.2) is 0 Å². The normalized spacial score (nSPS) is 18.0. The predicted octanol–water partition coefficient (Wildman–Crippen LogP) is 1.52. The summed E-state index contributed by atoms with van der Waals surface area (Å²) in [6.45, 7) is 2.87. The van der Waals surface area contributed by atoms with Gasteiger partial charge in [-0.3, -0.25) is 14.5 Å². The van der Waals surface area contributed by atoms with Crippen LogP contribution in [0.4, 0.5) is 0 Å². The Kier molecular flexibility index (Phi) is 7.08. The van der Waals surface area contributed by atoms with E-state index in [2.05, 4.69) is 31.2 Å². The molecule has 1 aliphatic rings. The van der Waals surface area contributed by atoms with Gasteiger partial charge in [-0.15, -0.1) is 0 Å². The first-order valence-electron chi connectivity index (χ1n) is 8.65. The van der Waals surface area contributed by atoms with Crippen LogP contribution < -0.4 is 5.32 Å². The third-order valence-electron chi connectivity index (χ3n) is 4.46. The molecule has 1 unspecified atom stereocenters. The van der Waals surface area contributed by atoms with Crippen molar-refractivity contribution in [2.75, 3.05) is 33.8 Å². The van der Waals surface area contributed by atoms with Crippen molar-refractivity contribution in [3.63, 3.8) is 0 Å². The smallest absolute Gasteiger partial charge is 0.305 e. The number of aromatic nitrogens is 2. The maximum atomic E-state index is 11.1. The predicted molar refractivity (Wildman–Crippen MR) is 94.0 cm³/mol. The molecule has 1 aromatic heterocycles. The zero-order valence-corrected chi connectivity index (χ0v) is 15.0. The maximum absolute atomic E-state index is 11.1. The molecule has 0 bridgehead atoms. The van der Waals surface area contributed by atoms with Gasteiger partial charge in [0.15, 0.2) is 5.96 Å². The Morgan fingerprint density at radius 2 is 2.29 bits per heavy atom. The van der Waals surface area contributed by atoms with E-state index < -0.39 is 0 Å². The third-order valence-corrected chi connectivity index (χ3v) is 4.46. The van der Waals surface area contributed by atoms with Crippen LogP contribution in [0.5, 0.6) is 0 Å². The standard InChI is InChI=1S/C17H29N5O2/c1-18-17(19-9-6-4-5-7-16(23)24-3)22-10-8-14(13-22)15-11-20-21(2)12-15/h11-12,14H,4-10,13H2,1-3H3,(H,18,19). The van der Waals surface area contributed by atoms with Crippen molar-refractivity contribution < 1.29 is 9.53 Å². The first-order valence-corrected chi connectivity index (χ1v) is 8.65. The quantitative estimate of drug-likeness (QED) is 0.354. The maximum Gasteiger partial charge on any atom is 0.305 e. The highest BCUT2D eigenvalue weighted by Crippen LogP contribution is 2.26. The van der Waals surface area contributed by atoms with Gasteiger partial charge in [0.2, 0.25) is 0 Å². The van der Waals surface area contributed by atoms with Gasteiger partial charge >= 0.3 is 5.97 Å². The van der Waals surface area contributed by atoms with E-state index in [9.17, 15) is 4.79 Å². The van der Waals surface area contributed by atoms with Crippen LogP contribution in [0.3, 0.4) is 0 Å². The van der Waals surface area contributed by atoms with Gasteiger partial charge in [0.05, 0.1) is 13.3 Å². The van der Waals surface area contributed by atoms with Crippen molar-refractivity contribution >= 4 is 11.9 Å². The first kappa shape index (κ1) is 18.3. The molecular formula is C17H29N5O2. The summed E-state index contributed by atoms with van der Waals surface area (Å²) in [7, 11) is 5.22. The summed E-state index contributed by atoms with van der Waals surface area (Å²) < 4.78 is 6.50. The fourth-order valence-electron chi connectivity index (χ4n) is 3.08. The second kappa shape index (κ2) is 9.30. The summed E-state index contributed by atoms with van der Waals surface area (Å²) in [6.07, 6.45) is 8.61. The number of unbranched alkanes of at least 4 members (excludes halogenated alkanes) is 2. The highest BCUT2D eigenvalue weighted by atomic mass is 16.5. The number of carbonyl (C=O) groups excluding carboxylic acids is 1. The van der Waals surface area contributed by atoms with Crippen molar-refractivity contribution in [2.45, 2.75) is 38.0 Å². The molecule has 134 valence electrons. The number of ether oxygens (including phenoxy) is 1. The van der Waals surface area contributed by atoms with E-state index in [1.54, 1.807) is 0 Å². The molecule has 0 saturated carbocycles. The first-order chi connectivity index (χ1) is 11.6. The van der Waals surface area contributed by atoms with E-state index in [4.69, 9.17) is 0 Å². The van der Waals surface area contributed by atoms with Gasteiger partial charge in [-0.05, 0) is 24.8 Å². The Labute approximate surface area is 144 Å². The number of methoxy groups -OCH3 is 1. The number of nitrogens with zero attached hydrogens (tertiary/aromatic N) is 4. The van der Waals surface area contributed by atoms with E-state index >= 15 is 0 Å². The van der Waals surface area contributed by atoms with E-state index in [1.165, 1.54) is 12.7 Å². The van der Waals surface area contributed by atoms with Crippen LogP contribution in [-0.2, 0) is 16.6 Å². The Balaban J connectivity index is 1.68. The van der Waals surface area contributed by atoms with Crippen molar-refractivity contribution in [3.8, 4) is 0 Å². The molecule has 7 heteroatoms. The number of nitrogens with one attached hydrogen (secondary N) is 1. The van der Waals surface area contributed by atoms with Crippen molar-refractivity contribution in [2.24, 2.45) is 12.0 Å².